The van der Waals surface area contributed by atoms with Gasteiger partial charge >= 0.3 is 6.18 Å². The van der Waals surface area contributed by atoms with Crippen molar-refractivity contribution in [2.75, 3.05) is 7.11 Å². The second-order valence-electron chi connectivity index (χ2n) is 5.85. The first-order valence-electron chi connectivity index (χ1n) is 7.65. The molecule has 2 aromatic rings. The van der Waals surface area contributed by atoms with Crippen LogP contribution in [0.4, 0.5) is 13.2 Å². The molecule has 1 aliphatic rings. The zero-order chi connectivity index (χ0) is 19.1. The fraction of sp³-hybridized carbons (Fsp3) is 0.294. The molecule has 1 aromatic carbocycles. The van der Waals surface area contributed by atoms with Gasteiger partial charge < -0.3 is 4.74 Å². The zero-order valence-electron chi connectivity index (χ0n) is 13.6. The van der Waals surface area contributed by atoms with Crippen molar-refractivity contribution in [3.63, 3.8) is 0 Å². The third kappa shape index (κ3) is 3.44. The van der Waals surface area contributed by atoms with Gasteiger partial charge in [-0.15, -0.1) is 0 Å². The van der Waals surface area contributed by atoms with Gasteiger partial charge in [0.25, 0.3) is 0 Å². The molecule has 5 nitrogen and oxygen atoms in total. The van der Waals surface area contributed by atoms with Gasteiger partial charge in [-0.25, -0.2) is 13.4 Å². The third-order valence-electron chi connectivity index (χ3n) is 4.00. The average Bonchev–Trinajstić information content (AvgIpc) is 3.45. The maximum absolute atomic E-state index is 12.9. The van der Waals surface area contributed by atoms with E-state index in [0.717, 1.165) is 19.2 Å². The van der Waals surface area contributed by atoms with Crippen molar-refractivity contribution >= 4 is 15.6 Å². The van der Waals surface area contributed by atoms with Crippen LogP contribution in [0.5, 0.6) is 5.88 Å². The molecule has 0 bridgehead atoms. The Morgan fingerprint density at radius 3 is 2.23 bits per heavy atom. The number of hydrogen-bond acceptors (Lipinski definition) is 5. The van der Waals surface area contributed by atoms with Crippen LogP contribution in [0.1, 0.15) is 34.5 Å². The number of ether oxygens (including phenoxy) is 1. The van der Waals surface area contributed by atoms with E-state index in [4.69, 9.17) is 0 Å². The summed E-state index contributed by atoms with van der Waals surface area (Å²) in [7, 11) is -2.35. The quantitative estimate of drug-likeness (QED) is 0.739. The van der Waals surface area contributed by atoms with Crippen molar-refractivity contribution < 1.29 is 31.1 Å². The molecule has 0 saturated heterocycles. The van der Waals surface area contributed by atoms with Crippen LogP contribution in [-0.2, 0) is 16.0 Å². The fourth-order valence-electron chi connectivity index (χ4n) is 2.45. The topological polar surface area (TPSA) is 73.3 Å². The van der Waals surface area contributed by atoms with Crippen molar-refractivity contribution in [1.29, 1.82) is 0 Å². The van der Waals surface area contributed by atoms with E-state index in [2.05, 4.69) is 9.72 Å². The number of carbonyl (C=O) groups excluding carboxylic acids is 1. The van der Waals surface area contributed by atoms with Gasteiger partial charge in [0.05, 0.1) is 17.3 Å². The highest BCUT2D eigenvalue weighted by Gasteiger charge is 2.37. The average molecular weight is 385 g/mol. The van der Waals surface area contributed by atoms with Crippen molar-refractivity contribution in [1.82, 2.24) is 4.98 Å². The molecule has 1 fully saturated rings. The largest absolute Gasteiger partial charge is 0.481 e. The molecule has 26 heavy (non-hydrogen) atoms. The number of nitrogens with zero attached hydrogens (tertiary/aromatic N) is 1. The molecule has 0 N–H and O–H groups in total. The normalized spacial score (nSPS) is 14.9. The summed E-state index contributed by atoms with van der Waals surface area (Å²) in [4.78, 5) is 16.2. The molecule has 0 spiro atoms. The molecule has 0 amide bonds. The molecule has 0 radical (unpaired) electrons. The molecule has 1 saturated carbocycles. The number of aromatic nitrogens is 1. The molecular weight excluding hydrogens is 371 g/mol. The van der Waals surface area contributed by atoms with Crippen LogP contribution in [0.15, 0.2) is 41.3 Å². The van der Waals surface area contributed by atoms with Crippen LogP contribution in [0.2, 0.25) is 0 Å². The van der Waals surface area contributed by atoms with Crippen molar-refractivity contribution in [3.05, 3.63) is 53.2 Å². The minimum Gasteiger partial charge on any atom is -0.481 e. The van der Waals surface area contributed by atoms with Gasteiger partial charge in [-0.2, -0.15) is 13.2 Å². The minimum atomic E-state index is -4.65. The van der Waals surface area contributed by atoms with Crippen molar-refractivity contribution in [3.8, 4) is 5.88 Å². The Hall–Kier alpha value is -2.42. The smallest absolute Gasteiger partial charge is 0.421 e. The van der Waals surface area contributed by atoms with E-state index in [1.165, 1.54) is 24.3 Å². The Kier molecular flexibility index (Phi) is 4.51. The maximum atomic E-state index is 12.9. The molecule has 1 aromatic heterocycles. The second kappa shape index (κ2) is 6.39. The van der Waals surface area contributed by atoms with Crippen LogP contribution in [0, 0.1) is 0 Å². The van der Waals surface area contributed by atoms with Gasteiger partial charge in [-0.1, -0.05) is 0 Å². The number of sulfone groups is 1. The van der Waals surface area contributed by atoms with Gasteiger partial charge in [-0.05, 0) is 49.2 Å². The number of alkyl halides is 3. The van der Waals surface area contributed by atoms with Gasteiger partial charge in [0.2, 0.25) is 11.7 Å². The molecule has 9 heteroatoms. The lowest BCUT2D eigenvalue weighted by Gasteiger charge is -2.12. The lowest BCUT2D eigenvalue weighted by molar-refractivity contribution is -0.139. The fourth-order valence-corrected chi connectivity index (χ4v) is 4.11. The van der Waals surface area contributed by atoms with Crippen LogP contribution in [0.3, 0.4) is 0 Å². The van der Waals surface area contributed by atoms with E-state index >= 15 is 0 Å². The predicted octanol–water partition coefficient (Wildman–Crippen LogP) is 3.28. The van der Waals surface area contributed by atoms with E-state index in [1.807, 2.05) is 0 Å². The SMILES string of the molecule is COc1nc(C(=O)c2ccc(S(=O)(=O)C3CC3)cc2)ccc1C(F)(F)F. The first-order chi connectivity index (χ1) is 12.1. The number of ketones is 1. The van der Waals surface area contributed by atoms with E-state index in [0.29, 0.717) is 12.8 Å². The first kappa shape index (κ1) is 18.4. The monoisotopic (exact) mass is 385 g/mol. The van der Waals surface area contributed by atoms with E-state index < -0.39 is 33.2 Å². The minimum absolute atomic E-state index is 0.119. The molecule has 0 unspecified atom stereocenters. The highest BCUT2D eigenvalue weighted by Crippen LogP contribution is 2.35. The van der Waals surface area contributed by atoms with Crippen LogP contribution >= 0.6 is 0 Å². The lowest BCUT2D eigenvalue weighted by Crippen LogP contribution is -2.12. The summed E-state index contributed by atoms with van der Waals surface area (Å²) in [6.07, 6.45) is -3.41. The van der Waals surface area contributed by atoms with Gasteiger partial charge in [-0.3, -0.25) is 4.79 Å². The van der Waals surface area contributed by atoms with E-state index in [1.54, 1.807) is 0 Å². The molecule has 0 atom stereocenters. The number of methoxy groups -OCH3 is 1. The molecule has 1 aliphatic carbocycles. The van der Waals surface area contributed by atoms with Crippen LogP contribution in [0.25, 0.3) is 0 Å². The molecule has 0 aliphatic heterocycles. The Labute approximate surface area is 147 Å². The number of benzene rings is 1. The lowest BCUT2D eigenvalue weighted by atomic mass is 10.1. The Bertz CT molecular complexity index is 949. The summed E-state index contributed by atoms with van der Waals surface area (Å²) in [5, 5.41) is -0.370. The van der Waals surface area contributed by atoms with Gasteiger partial charge in [0.15, 0.2) is 9.84 Å². The van der Waals surface area contributed by atoms with Gasteiger partial charge in [0, 0.05) is 5.56 Å². The van der Waals surface area contributed by atoms with Crippen LogP contribution in [-0.4, -0.2) is 31.5 Å². The summed E-state index contributed by atoms with van der Waals surface area (Å²) in [5.74, 6) is -1.33. The highest BCUT2D eigenvalue weighted by molar-refractivity contribution is 7.92. The van der Waals surface area contributed by atoms with E-state index in [9.17, 15) is 26.4 Å². The Morgan fingerprint density at radius 2 is 1.73 bits per heavy atom. The molecule has 3 rings (SSSR count). The highest BCUT2D eigenvalue weighted by atomic mass is 32.2. The summed E-state index contributed by atoms with van der Waals surface area (Å²) in [6.45, 7) is 0. The third-order valence-corrected chi connectivity index (χ3v) is 6.28. The van der Waals surface area contributed by atoms with Crippen LogP contribution < -0.4 is 4.74 Å². The van der Waals surface area contributed by atoms with Gasteiger partial charge in [0.1, 0.15) is 11.3 Å². The Balaban J connectivity index is 1.90. The second-order valence-corrected chi connectivity index (χ2v) is 8.08. The summed E-state index contributed by atoms with van der Waals surface area (Å²) in [6, 6.07) is 6.98. The zero-order valence-corrected chi connectivity index (χ0v) is 14.4. The maximum Gasteiger partial charge on any atom is 0.421 e. The molecule has 138 valence electrons. The number of rotatable bonds is 5. The summed E-state index contributed by atoms with van der Waals surface area (Å²) in [5.41, 5.74) is -1.19. The van der Waals surface area contributed by atoms with Crippen molar-refractivity contribution in [2.24, 2.45) is 0 Å². The number of hydrogen-bond donors (Lipinski definition) is 0. The first-order valence-corrected chi connectivity index (χ1v) is 9.20. The number of pyridine rings is 1. The van der Waals surface area contributed by atoms with E-state index in [-0.39, 0.29) is 21.4 Å². The summed E-state index contributed by atoms with van der Waals surface area (Å²) < 4.78 is 67.5. The summed E-state index contributed by atoms with van der Waals surface area (Å²) >= 11 is 0. The number of halogens is 3. The standard InChI is InChI=1S/C17H14F3NO4S/c1-25-16-13(17(18,19)20)8-9-14(21-16)15(22)10-2-4-11(5-3-10)26(23,24)12-6-7-12/h2-5,8-9,12H,6-7H2,1H3. The van der Waals surface area contributed by atoms with Crippen molar-refractivity contribution in [2.45, 2.75) is 29.2 Å². The predicted molar refractivity (Wildman–Crippen MR) is 85.9 cm³/mol. The molecule has 1 heterocycles. The Morgan fingerprint density at radius 1 is 1.12 bits per heavy atom. The molecular formula is C17H14F3NO4S. The number of carbonyl (C=O) groups is 1.